The minimum atomic E-state index is -4.45. The summed E-state index contributed by atoms with van der Waals surface area (Å²) in [5.41, 5.74) is 1.89. The van der Waals surface area contributed by atoms with Crippen LogP contribution in [0.4, 0.5) is 29.1 Å². The van der Waals surface area contributed by atoms with Crippen LogP contribution in [-0.2, 0) is 4.79 Å². The van der Waals surface area contributed by atoms with Crippen molar-refractivity contribution in [2.75, 3.05) is 43.5 Å². The zero-order valence-electron chi connectivity index (χ0n) is 20.6. The molecule has 0 spiro atoms. The largest absolute Gasteiger partial charge is 0.496 e. The second kappa shape index (κ2) is 10.2. The van der Waals surface area contributed by atoms with Crippen molar-refractivity contribution < 1.29 is 31.9 Å². The van der Waals surface area contributed by atoms with Crippen molar-refractivity contribution in [1.29, 1.82) is 0 Å². The van der Waals surface area contributed by atoms with Crippen LogP contribution in [0.25, 0.3) is 22.2 Å². The van der Waals surface area contributed by atoms with Crippen molar-refractivity contribution in [1.82, 2.24) is 20.1 Å². The number of ether oxygens (including phenoxy) is 1. The molecule has 0 radical (unpaired) electrons. The number of amides is 2. The Bertz CT molecular complexity index is 1540. The van der Waals surface area contributed by atoms with E-state index in [0.717, 1.165) is 4.90 Å². The van der Waals surface area contributed by atoms with E-state index in [9.17, 15) is 27.2 Å². The number of nitrogens with zero attached hydrogens (tertiary/aromatic N) is 4. The fourth-order valence-corrected chi connectivity index (χ4v) is 4.39. The van der Waals surface area contributed by atoms with Crippen LogP contribution in [0.1, 0.15) is 10.4 Å². The van der Waals surface area contributed by atoms with E-state index in [1.165, 1.54) is 25.4 Å². The summed E-state index contributed by atoms with van der Waals surface area (Å²) in [6.45, 7) is -1.28. The third kappa shape index (κ3) is 5.47. The fourth-order valence-electron chi connectivity index (χ4n) is 4.39. The first-order valence-electron chi connectivity index (χ1n) is 11.8. The highest BCUT2D eigenvalue weighted by Crippen LogP contribution is 2.34. The number of fused-ring (bicyclic) bond motifs is 1. The predicted molar refractivity (Wildman–Crippen MR) is 135 cm³/mol. The van der Waals surface area contributed by atoms with E-state index in [0.29, 0.717) is 33.6 Å². The molecule has 0 unspecified atom stereocenters. The Balaban J connectivity index is 1.30. The molecule has 0 atom stereocenters. The first-order chi connectivity index (χ1) is 18.6. The lowest BCUT2D eigenvalue weighted by Gasteiger charge is -2.35. The smallest absolute Gasteiger partial charge is 0.406 e. The van der Waals surface area contributed by atoms with Crippen molar-refractivity contribution in [2.24, 2.45) is 0 Å². The summed E-state index contributed by atoms with van der Waals surface area (Å²) in [6.07, 6.45) is -2.97. The van der Waals surface area contributed by atoms with Crippen LogP contribution < -0.4 is 15.0 Å². The van der Waals surface area contributed by atoms with Crippen LogP contribution in [0, 0.1) is 5.82 Å². The zero-order chi connectivity index (χ0) is 27.7. The Labute approximate surface area is 219 Å². The summed E-state index contributed by atoms with van der Waals surface area (Å²) in [4.78, 5) is 31.8. The van der Waals surface area contributed by atoms with Gasteiger partial charge in [-0.2, -0.15) is 18.3 Å². The van der Waals surface area contributed by atoms with Crippen LogP contribution >= 0.6 is 0 Å². The highest BCUT2D eigenvalue weighted by atomic mass is 19.4. The molecule has 1 fully saturated rings. The molecule has 9 nitrogen and oxygen atoms in total. The van der Waals surface area contributed by atoms with E-state index in [2.05, 4.69) is 20.5 Å². The maximum Gasteiger partial charge on any atom is 0.406 e. The van der Waals surface area contributed by atoms with Gasteiger partial charge in [0.1, 0.15) is 18.1 Å². The van der Waals surface area contributed by atoms with Crippen LogP contribution in [0.15, 0.2) is 54.7 Å². The van der Waals surface area contributed by atoms with Crippen LogP contribution in [0.3, 0.4) is 0 Å². The number of hydrogen-bond acceptors (Lipinski definition) is 6. The second-order valence-electron chi connectivity index (χ2n) is 8.86. The number of alkyl halides is 3. The number of benzene rings is 2. The quantitative estimate of drug-likeness (QED) is 0.354. The Morgan fingerprint density at radius 3 is 2.62 bits per heavy atom. The molecule has 2 amide bonds. The molecule has 1 saturated heterocycles. The van der Waals surface area contributed by atoms with E-state index in [4.69, 9.17) is 4.74 Å². The summed E-state index contributed by atoms with van der Waals surface area (Å²) in [5, 5.41) is 10.1. The summed E-state index contributed by atoms with van der Waals surface area (Å²) < 4.78 is 57.8. The van der Waals surface area contributed by atoms with Crippen LogP contribution in [-0.4, -0.2) is 71.4 Å². The number of carbonyl (C=O) groups excluding carboxylic acids is 2. The number of aromatic nitrogens is 3. The standard InChI is InChI=1S/C26H22F4N6O3/c1-39-21-4-2-3-18(27)23(21)19-11-17-20(12-31-19)33-34-24(17)32-25(38)15-5-7-16(8-6-15)35-9-10-36(22(37)13-35)14-26(28,29)30/h2-8,11-12H,9-10,13-14H2,1H3,(H2,32,33,34,38). The number of piperazine rings is 1. The number of aromatic amines is 1. The molecule has 2 aromatic heterocycles. The molecule has 5 rings (SSSR count). The fraction of sp³-hybridized carbons (Fsp3) is 0.231. The Kier molecular flexibility index (Phi) is 6.81. The Morgan fingerprint density at radius 2 is 1.92 bits per heavy atom. The van der Waals surface area contributed by atoms with Gasteiger partial charge in [0.15, 0.2) is 5.82 Å². The first kappa shape index (κ1) is 25.9. The van der Waals surface area contributed by atoms with E-state index in [-0.39, 0.29) is 31.0 Å². The van der Waals surface area contributed by atoms with Gasteiger partial charge in [0.05, 0.1) is 36.6 Å². The van der Waals surface area contributed by atoms with E-state index in [1.807, 2.05) is 0 Å². The molecule has 3 heterocycles. The number of methoxy groups -OCH3 is 1. The van der Waals surface area contributed by atoms with E-state index < -0.39 is 30.4 Å². The van der Waals surface area contributed by atoms with E-state index >= 15 is 0 Å². The molecule has 2 aromatic carbocycles. The van der Waals surface area contributed by atoms with Crippen molar-refractivity contribution in [3.8, 4) is 17.0 Å². The Hall–Kier alpha value is -4.68. The molecule has 0 saturated carbocycles. The number of pyridine rings is 1. The van der Waals surface area contributed by atoms with Crippen LogP contribution in [0.2, 0.25) is 0 Å². The number of rotatable bonds is 6. The molecule has 2 N–H and O–H groups in total. The van der Waals surface area contributed by atoms with Gasteiger partial charge in [-0.15, -0.1) is 0 Å². The number of halogens is 4. The van der Waals surface area contributed by atoms with Gasteiger partial charge in [-0.1, -0.05) is 6.07 Å². The summed E-state index contributed by atoms with van der Waals surface area (Å²) in [6, 6.07) is 12.4. The molecule has 202 valence electrons. The Morgan fingerprint density at radius 1 is 1.15 bits per heavy atom. The monoisotopic (exact) mass is 542 g/mol. The lowest BCUT2D eigenvalue weighted by atomic mass is 10.1. The van der Waals surface area contributed by atoms with Gasteiger partial charge in [0.2, 0.25) is 5.91 Å². The van der Waals surface area contributed by atoms with Gasteiger partial charge < -0.3 is 19.9 Å². The molecule has 1 aliphatic rings. The highest BCUT2D eigenvalue weighted by Gasteiger charge is 2.35. The number of nitrogens with one attached hydrogen (secondary N) is 2. The third-order valence-electron chi connectivity index (χ3n) is 6.31. The van der Waals surface area contributed by atoms with Gasteiger partial charge in [0.25, 0.3) is 5.91 Å². The molecule has 1 aliphatic heterocycles. The molecule has 4 aromatic rings. The number of hydrogen-bond donors (Lipinski definition) is 2. The summed E-state index contributed by atoms with van der Waals surface area (Å²) >= 11 is 0. The van der Waals surface area contributed by atoms with Gasteiger partial charge in [-0.25, -0.2) is 4.39 Å². The number of H-pyrrole nitrogens is 1. The highest BCUT2D eigenvalue weighted by molar-refractivity contribution is 6.08. The van der Waals surface area contributed by atoms with Gasteiger partial charge in [-0.05, 0) is 42.5 Å². The first-order valence-corrected chi connectivity index (χ1v) is 11.8. The summed E-state index contributed by atoms with van der Waals surface area (Å²) in [5.74, 6) is -1.08. The molecule has 39 heavy (non-hydrogen) atoms. The number of anilines is 2. The predicted octanol–water partition coefficient (Wildman–Crippen LogP) is 4.24. The average Bonchev–Trinajstić information content (AvgIpc) is 3.30. The van der Waals surface area contributed by atoms with Crippen molar-refractivity contribution in [3.05, 3.63) is 66.1 Å². The maximum absolute atomic E-state index is 14.6. The molecular formula is C26H22F4N6O3. The lowest BCUT2D eigenvalue weighted by Crippen LogP contribution is -2.52. The molecule has 13 heteroatoms. The maximum atomic E-state index is 14.6. The van der Waals surface area contributed by atoms with Crippen molar-refractivity contribution in [3.63, 3.8) is 0 Å². The lowest BCUT2D eigenvalue weighted by molar-refractivity contribution is -0.161. The molecule has 0 aliphatic carbocycles. The SMILES string of the molecule is COc1cccc(F)c1-c1cc2c(NC(=O)c3ccc(N4CCN(CC(F)(F)F)C(=O)C4)cc3)n[nH]c2cn1. The third-order valence-corrected chi connectivity index (χ3v) is 6.31. The number of carbonyl (C=O) groups is 2. The van der Waals surface area contributed by atoms with Crippen LogP contribution in [0.5, 0.6) is 5.75 Å². The van der Waals surface area contributed by atoms with Crippen molar-refractivity contribution >= 4 is 34.2 Å². The van der Waals surface area contributed by atoms with Gasteiger partial charge in [-0.3, -0.25) is 19.7 Å². The summed E-state index contributed by atoms with van der Waals surface area (Å²) in [7, 11) is 1.43. The normalized spacial score (nSPS) is 14.1. The minimum absolute atomic E-state index is 0.0532. The minimum Gasteiger partial charge on any atom is -0.496 e. The molecule has 0 bridgehead atoms. The topological polar surface area (TPSA) is 103 Å². The molecular weight excluding hydrogens is 520 g/mol. The zero-order valence-corrected chi connectivity index (χ0v) is 20.6. The second-order valence-corrected chi connectivity index (χ2v) is 8.86. The van der Waals surface area contributed by atoms with Gasteiger partial charge >= 0.3 is 6.18 Å². The van der Waals surface area contributed by atoms with E-state index in [1.54, 1.807) is 41.3 Å². The van der Waals surface area contributed by atoms with Crippen molar-refractivity contribution in [2.45, 2.75) is 6.18 Å². The average molecular weight is 542 g/mol. The van der Waals surface area contributed by atoms with Gasteiger partial charge in [0, 0.05) is 29.7 Å².